The van der Waals surface area contributed by atoms with Crippen molar-refractivity contribution in [3.05, 3.63) is 34.5 Å². The Labute approximate surface area is 129 Å². The number of halogens is 1. The maximum absolute atomic E-state index is 12.3. The second-order valence-corrected chi connectivity index (χ2v) is 6.14. The molecule has 0 aliphatic carbocycles. The lowest BCUT2D eigenvalue weighted by Crippen LogP contribution is -2.29. The maximum Gasteiger partial charge on any atom is 0.294 e. The lowest BCUT2D eigenvalue weighted by atomic mass is 9.99. The van der Waals surface area contributed by atoms with Crippen molar-refractivity contribution in [3.8, 4) is 0 Å². The van der Waals surface area contributed by atoms with Crippen molar-refractivity contribution in [2.45, 2.75) is 19.8 Å². The van der Waals surface area contributed by atoms with Crippen LogP contribution in [0.5, 0.6) is 0 Å². The lowest BCUT2D eigenvalue weighted by molar-refractivity contribution is -0.124. The molecule has 0 unspecified atom stereocenters. The molecule has 1 aromatic heterocycles. The van der Waals surface area contributed by atoms with Crippen molar-refractivity contribution < 1.29 is 9.59 Å². The summed E-state index contributed by atoms with van der Waals surface area (Å²) in [5.41, 5.74) is 2.24. The van der Waals surface area contributed by atoms with E-state index in [1.807, 2.05) is 37.6 Å². The average molecular weight is 307 g/mol. The van der Waals surface area contributed by atoms with Crippen molar-refractivity contribution in [3.63, 3.8) is 0 Å². The number of aromatic nitrogens is 1. The number of likely N-dealkylation sites (N-methyl/N-ethyl adjacent to an activating group) is 1. The number of carbonyl (C=O) groups is 2. The fourth-order valence-electron chi connectivity index (χ4n) is 2.36. The van der Waals surface area contributed by atoms with Gasteiger partial charge in [-0.25, -0.2) is 0 Å². The van der Waals surface area contributed by atoms with E-state index in [1.165, 1.54) is 4.90 Å². The molecule has 5 heteroatoms. The molecule has 2 rings (SSSR count). The number of nitrogens with zero attached hydrogens (tertiary/aromatic N) is 2. The topological polar surface area (TPSA) is 42.3 Å². The van der Waals surface area contributed by atoms with Crippen LogP contribution in [0.25, 0.3) is 10.9 Å². The van der Waals surface area contributed by atoms with Crippen LogP contribution < -0.4 is 0 Å². The second kappa shape index (κ2) is 5.53. The number of hydrogen-bond donors (Lipinski definition) is 0. The Balaban J connectivity index is 2.68. The standard InChI is InChI=1S/C16H19ClN2O2/c1-9(2)10-6-11-12(15(20)16(21)18(3)4)8-19(5)14(11)7-13(10)17/h6-9H,1-5H3. The number of hydrogen-bond acceptors (Lipinski definition) is 2. The molecule has 0 radical (unpaired) electrons. The molecule has 4 nitrogen and oxygen atoms in total. The predicted molar refractivity (Wildman–Crippen MR) is 85.0 cm³/mol. The molecule has 0 spiro atoms. The van der Waals surface area contributed by atoms with Crippen LogP contribution in [0, 0.1) is 0 Å². The van der Waals surface area contributed by atoms with Gasteiger partial charge in [0.15, 0.2) is 0 Å². The first-order chi connectivity index (χ1) is 9.73. The predicted octanol–water partition coefficient (Wildman–Crippen LogP) is 3.23. The zero-order valence-electron chi connectivity index (χ0n) is 12.9. The van der Waals surface area contributed by atoms with Gasteiger partial charge >= 0.3 is 0 Å². The summed E-state index contributed by atoms with van der Waals surface area (Å²) in [6.07, 6.45) is 1.69. The first kappa shape index (κ1) is 15.6. The first-order valence-electron chi connectivity index (χ1n) is 6.78. The highest BCUT2D eigenvalue weighted by Crippen LogP contribution is 2.32. The van der Waals surface area contributed by atoms with Crippen LogP contribution in [0.2, 0.25) is 5.02 Å². The van der Waals surface area contributed by atoms with Gasteiger partial charge in [0.05, 0.1) is 11.1 Å². The molecule has 1 heterocycles. The molecule has 1 amide bonds. The Kier molecular flexibility index (Phi) is 4.10. The molecule has 0 fully saturated rings. The number of fused-ring (bicyclic) bond motifs is 1. The third-order valence-electron chi connectivity index (χ3n) is 3.57. The fourth-order valence-corrected chi connectivity index (χ4v) is 2.74. The molecule has 0 saturated carbocycles. The third kappa shape index (κ3) is 2.68. The van der Waals surface area contributed by atoms with Crippen LogP contribution in [-0.4, -0.2) is 35.3 Å². The van der Waals surface area contributed by atoms with Gasteiger partial charge in [-0.1, -0.05) is 25.4 Å². The van der Waals surface area contributed by atoms with E-state index in [4.69, 9.17) is 11.6 Å². The molecule has 2 aromatic rings. The first-order valence-corrected chi connectivity index (χ1v) is 7.16. The van der Waals surface area contributed by atoms with E-state index in [0.717, 1.165) is 16.5 Å². The maximum atomic E-state index is 12.3. The van der Waals surface area contributed by atoms with E-state index in [9.17, 15) is 9.59 Å². The molecule has 0 atom stereocenters. The van der Waals surface area contributed by atoms with Crippen LogP contribution in [0.4, 0.5) is 0 Å². The van der Waals surface area contributed by atoms with Crippen LogP contribution in [0.15, 0.2) is 18.3 Å². The number of rotatable bonds is 3. The van der Waals surface area contributed by atoms with Gasteiger partial charge in [-0.2, -0.15) is 0 Å². The highest BCUT2D eigenvalue weighted by Gasteiger charge is 2.23. The normalized spacial score (nSPS) is 11.2. The summed E-state index contributed by atoms with van der Waals surface area (Å²) in [6, 6.07) is 3.77. The lowest BCUT2D eigenvalue weighted by Gasteiger charge is -2.10. The number of amides is 1. The minimum absolute atomic E-state index is 0.245. The van der Waals surface area contributed by atoms with E-state index in [-0.39, 0.29) is 5.92 Å². The van der Waals surface area contributed by atoms with Gasteiger partial charge in [-0.3, -0.25) is 9.59 Å². The Hall–Kier alpha value is -1.81. The summed E-state index contributed by atoms with van der Waals surface area (Å²) >= 11 is 6.30. The van der Waals surface area contributed by atoms with Crippen molar-refractivity contribution in [1.82, 2.24) is 9.47 Å². The van der Waals surface area contributed by atoms with Gasteiger partial charge in [-0.15, -0.1) is 0 Å². The van der Waals surface area contributed by atoms with Crippen molar-refractivity contribution in [2.24, 2.45) is 7.05 Å². The summed E-state index contributed by atoms with van der Waals surface area (Å²) in [7, 11) is 4.98. The number of benzene rings is 1. The van der Waals surface area contributed by atoms with Gasteiger partial charge in [0.2, 0.25) is 0 Å². The molecule has 1 aromatic carbocycles. The average Bonchev–Trinajstić information content (AvgIpc) is 2.72. The molecule has 0 bridgehead atoms. The minimum atomic E-state index is -0.524. The summed E-state index contributed by atoms with van der Waals surface area (Å²) < 4.78 is 1.82. The van der Waals surface area contributed by atoms with Gasteiger partial charge < -0.3 is 9.47 Å². The van der Waals surface area contributed by atoms with E-state index >= 15 is 0 Å². The molecular weight excluding hydrogens is 288 g/mol. The molecule has 0 aliphatic rings. The molecule has 112 valence electrons. The monoisotopic (exact) mass is 306 g/mol. The summed E-state index contributed by atoms with van der Waals surface area (Å²) in [5, 5.41) is 1.45. The van der Waals surface area contributed by atoms with Crippen molar-refractivity contribution >= 4 is 34.2 Å². The Morgan fingerprint density at radius 3 is 2.38 bits per heavy atom. The highest BCUT2D eigenvalue weighted by atomic mass is 35.5. The Morgan fingerprint density at radius 1 is 1.24 bits per heavy atom. The van der Waals surface area contributed by atoms with Gasteiger partial charge in [0, 0.05) is 37.7 Å². The minimum Gasteiger partial charge on any atom is -0.350 e. The summed E-state index contributed by atoms with van der Waals surface area (Å²) in [6.45, 7) is 4.09. The molecule has 21 heavy (non-hydrogen) atoms. The largest absolute Gasteiger partial charge is 0.350 e. The smallest absolute Gasteiger partial charge is 0.294 e. The van der Waals surface area contributed by atoms with Crippen molar-refractivity contribution in [1.29, 1.82) is 0 Å². The molecule has 0 saturated heterocycles. The Bertz CT molecular complexity index is 729. The molecular formula is C16H19ClN2O2. The Morgan fingerprint density at radius 2 is 1.86 bits per heavy atom. The van der Waals surface area contributed by atoms with Crippen LogP contribution in [-0.2, 0) is 11.8 Å². The van der Waals surface area contributed by atoms with Gasteiger partial charge in [0.25, 0.3) is 11.7 Å². The number of carbonyl (C=O) groups excluding carboxylic acids is 2. The van der Waals surface area contributed by atoms with Crippen molar-refractivity contribution in [2.75, 3.05) is 14.1 Å². The third-order valence-corrected chi connectivity index (χ3v) is 3.90. The zero-order valence-corrected chi connectivity index (χ0v) is 13.7. The number of aryl methyl sites for hydroxylation is 1. The van der Waals surface area contributed by atoms with Crippen LogP contribution >= 0.6 is 11.6 Å². The van der Waals surface area contributed by atoms with Crippen LogP contribution in [0.3, 0.4) is 0 Å². The van der Waals surface area contributed by atoms with Gasteiger partial charge in [-0.05, 0) is 23.6 Å². The highest BCUT2D eigenvalue weighted by molar-refractivity contribution is 6.45. The molecule has 0 N–H and O–H groups in total. The van der Waals surface area contributed by atoms with Crippen LogP contribution in [0.1, 0.15) is 35.7 Å². The quantitative estimate of drug-likeness (QED) is 0.645. The molecule has 0 aliphatic heterocycles. The zero-order chi connectivity index (χ0) is 15.9. The van der Waals surface area contributed by atoms with E-state index < -0.39 is 11.7 Å². The van der Waals surface area contributed by atoms with E-state index in [0.29, 0.717) is 10.6 Å². The number of ketones is 1. The summed E-state index contributed by atoms with van der Waals surface area (Å²) in [5.74, 6) is -0.777. The fraction of sp³-hybridized carbons (Fsp3) is 0.375. The summed E-state index contributed by atoms with van der Waals surface area (Å²) in [4.78, 5) is 25.6. The number of Topliss-reactive ketones (excluding diaryl/α,β-unsaturated/α-hetero) is 1. The van der Waals surface area contributed by atoms with Gasteiger partial charge in [0.1, 0.15) is 0 Å². The SMILES string of the molecule is CC(C)c1cc2c(C(=O)C(=O)N(C)C)cn(C)c2cc1Cl. The second-order valence-electron chi connectivity index (χ2n) is 5.73. The van der Waals surface area contributed by atoms with E-state index in [1.54, 1.807) is 20.3 Å². The van der Waals surface area contributed by atoms with E-state index in [2.05, 4.69) is 0 Å².